The molecule has 4 heteroatoms. The number of carbonyl (C=O) groups excluding carboxylic acids is 1. The van der Waals surface area contributed by atoms with Crippen LogP contribution in [0.25, 0.3) is 0 Å². The molecule has 0 radical (unpaired) electrons. The van der Waals surface area contributed by atoms with Crippen molar-refractivity contribution in [2.75, 3.05) is 7.11 Å². The lowest BCUT2D eigenvalue weighted by Crippen LogP contribution is -2.17. The van der Waals surface area contributed by atoms with Crippen molar-refractivity contribution in [3.05, 3.63) is 60.2 Å². The number of methoxy groups -OCH3 is 1. The predicted octanol–water partition coefficient (Wildman–Crippen LogP) is 4.21. The maximum absolute atomic E-state index is 11.1. The molecule has 1 aromatic carbocycles. The maximum atomic E-state index is 11.1. The van der Waals surface area contributed by atoms with Crippen molar-refractivity contribution in [1.29, 1.82) is 0 Å². The lowest BCUT2D eigenvalue weighted by Gasteiger charge is -2.18. The first-order valence-corrected chi connectivity index (χ1v) is 10.4. The Labute approximate surface area is 168 Å². The van der Waals surface area contributed by atoms with Crippen molar-refractivity contribution in [1.82, 2.24) is 0 Å². The van der Waals surface area contributed by atoms with Gasteiger partial charge in [-0.2, -0.15) is 0 Å². The lowest BCUT2D eigenvalue weighted by atomic mass is 9.90. The normalized spacial score (nSPS) is 23.5. The molecule has 1 aliphatic carbocycles. The summed E-state index contributed by atoms with van der Waals surface area (Å²) in [6.45, 7) is 0. The standard InChI is InChI=1S/C24H34O4/c1-28-24(27)12-8-3-2-7-11-20-14-18-23(26)22(20)17-16-21(25)15-13-19-9-5-4-6-10-19/h2,4-7,9-10,16-17,20-23,25-26H,3,8,11-15,18H2,1H3/b7-2-,17-16+/t20-,21-,22+,23+/m0/s1. The zero-order valence-electron chi connectivity index (χ0n) is 16.9. The Hall–Kier alpha value is -1.91. The average molecular weight is 387 g/mol. The molecule has 0 bridgehead atoms. The van der Waals surface area contributed by atoms with Crippen molar-refractivity contribution < 1.29 is 19.7 Å². The minimum Gasteiger partial charge on any atom is -0.469 e. The molecule has 1 saturated carbocycles. The number of hydrogen-bond acceptors (Lipinski definition) is 4. The van der Waals surface area contributed by atoms with Gasteiger partial charge in [0.05, 0.1) is 19.3 Å². The molecular formula is C24H34O4. The van der Waals surface area contributed by atoms with Crippen LogP contribution in [0.15, 0.2) is 54.6 Å². The van der Waals surface area contributed by atoms with E-state index in [9.17, 15) is 15.0 Å². The van der Waals surface area contributed by atoms with E-state index < -0.39 is 6.10 Å². The molecule has 1 fully saturated rings. The number of esters is 1. The fourth-order valence-electron chi connectivity index (χ4n) is 3.81. The fraction of sp³-hybridized carbons (Fsp3) is 0.542. The second-order valence-electron chi connectivity index (χ2n) is 7.63. The third kappa shape index (κ3) is 7.99. The van der Waals surface area contributed by atoms with Gasteiger partial charge in [0.1, 0.15) is 0 Å². The first-order valence-electron chi connectivity index (χ1n) is 10.4. The van der Waals surface area contributed by atoms with Gasteiger partial charge in [-0.25, -0.2) is 0 Å². The van der Waals surface area contributed by atoms with Crippen LogP contribution in [0.5, 0.6) is 0 Å². The zero-order valence-corrected chi connectivity index (χ0v) is 16.9. The second kappa shape index (κ2) is 12.5. The molecule has 4 atom stereocenters. The summed E-state index contributed by atoms with van der Waals surface area (Å²) in [6.07, 6.45) is 13.7. The number of allylic oxidation sites excluding steroid dienone is 2. The highest BCUT2D eigenvalue weighted by molar-refractivity contribution is 5.69. The molecule has 4 nitrogen and oxygen atoms in total. The van der Waals surface area contributed by atoms with Crippen molar-refractivity contribution in [2.24, 2.45) is 11.8 Å². The van der Waals surface area contributed by atoms with Gasteiger partial charge in [-0.1, -0.05) is 54.6 Å². The van der Waals surface area contributed by atoms with E-state index in [-0.39, 0.29) is 18.0 Å². The molecule has 0 aromatic heterocycles. The fourth-order valence-corrected chi connectivity index (χ4v) is 3.81. The minimum absolute atomic E-state index is 0.103. The van der Waals surface area contributed by atoms with Crippen LogP contribution in [-0.2, 0) is 16.0 Å². The lowest BCUT2D eigenvalue weighted by molar-refractivity contribution is -0.140. The van der Waals surface area contributed by atoms with Gasteiger partial charge in [0.15, 0.2) is 0 Å². The highest BCUT2D eigenvalue weighted by atomic mass is 16.5. The van der Waals surface area contributed by atoms with Crippen LogP contribution in [0.4, 0.5) is 0 Å². The van der Waals surface area contributed by atoms with Gasteiger partial charge in [-0.15, -0.1) is 0 Å². The minimum atomic E-state index is -0.484. The Balaban J connectivity index is 1.73. The highest BCUT2D eigenvalue weighted by Gasteiger charge is 2.32. The van der Waals surface area contributed by atoms with E-state index >= 15 is 0 Å². The van der Waals surface area contributed by atoms with Crippen LogP contribution < -0.4 is 0 Å². The van der Waals surface area contributed by atoms with Gasteiger partial charge in [0.2, 0.25) is 0 Å². The molecule has 1 aromatic rings. The largest absolute Gasteiger partial charge is 0.469 e. The number of unbranched alkanes of at least 4 members (excludes halogenated alkanes) is 1. The third-order valence-electron chi connectivity index (χ3n) is 5.53. The smallest absolute Gasteiger partial charge is 0.305 e. The number of aliphatic hydroxyl groups excluding tert-OH is 2. The number of aryl methyl sites for hydroxylation is 1. The summed E-state index contributed by atoms with van der Waals surface area (Å²) >= 11 is 0. The number of hydrogen-bond donors (Lipinski definition) is 2. The zero-order chi connectivity index (χ0) is 20.2. The Kier molecular flexibility index (Phi) is 10.0. The molecule has 0 heterocycles. The molecule has 28 heavy (non-hydrogen) atoms. The quantitative estimate of drug-likeness (QED) is 0.340. The van der Waals surface area contributed by atoms with E-state index in [1.165, 1.54) is 12.7 Å². The molecule has 2 rings (SSSR count). The number of aliphatic hydroxyl groups is 2. The summed E-state index contributed by atoms with van der Waals surface area (Å²) in [6, 6.07) is 10.2. The molecule has 0 amide bonds. The Morgan fingerprint density at radius 1 is 1.25 bits per heavy atom. The molecule has 154 valence electrons. The van der Waals surface area contributed by atoms with Crippen LogP contribution in [0.3, 0.4) is 0 Å². The Morgan fingerprint density at radius 3 is 2.79 bits per heavy atom. The molecular weight excluding hydrogens is 352 g/mol. The molecule has 1 aliphatic rings. The van der Waals surface area contributed by atoms with Crippen LogP contribution in [0, 0.1) is 11.8 Å². The number of rotatable bonds is 11. The summed E-state index contributed by atoms with van der Waals surface area (Å²) in [7, 11) is 1.41. The van der Waals surface area contributed by atoms with E-state index in [1.807, 2.05) is 30.4 Å². The van der Waals surface area contributed by atoms with Crippen molar-refractivity contribution in [3.8, 4) is 0 Å². The highest BCUT2D eigenvalue weighted by Crippen LogP contribution is 2.36. The Bertz CT molecular complexity index is 623. The van der Waals surface area contributed by atoms with Crippen LogP contribution >= 0.6 is 0 Å². The topological polar surface area (TPSA) is 66.8 Å². The number of ether oxygens (including phenoxy) is 1. The van der Waals surface area contributed by atoms with Gasteiger partial charge in [0.25, 0.3) is 0 Å². The summed E-state index contributed by atoms with van der Waals surface area (Å²) < 4.78 is 4.63. The second-order valence-corrected chi connectivity index (χ2v) is 7.63. The van der Waals surface area contributed by atoms with Crippen molar-refractivity contribution in [3.63, 3.8) is 0 Å². The maximum Gasteiger partial charge on any atom is 0.305 e. The summed E-state index contributed by atoms with van der Waals surface area (Å²) in [5, 5.41) is 20.6. The van der Waals surface area contributed by atoms with E-state index in [0.29, 0.717) is 18.8 Å². The predicted molar refractivity (Wildman–Crippen MR) is 112 cm³/mol. The van der Waals surface area contributed by atoms with Crippen LogP contribution in [0.1, 0.15) is 50.5 Å². The summed E-state index contributed by atoms with van der Waals surface area (Å²) in [5.74, 6) is 0.346. The molecule has 2 N–H and O–H groups in total. The van der Waals surface area contributed by atoms with Crippen LogP contribution in [0.2, 0.25) is 0 Å². The van der Waals surface area contributed by atoms with Gasteiger partial charge < -0.3 is 14.9 Å². The summed E-state index contributed by atoms with van der Waals surface area (Å²) in [5.41, 5.74) is 1.23. The van der Waals surface area contributed by atoms with Gasteiger partial charge >= 0.3 is 5.97 Å². The van der Waals surface area contributed by atoms with Gasteiger partial charge in [-0.3, -0.25) is 4.79 Å². The molecule has 0 spiro atoms. The molecule has 0 unspecified atom stereocenters. The van der Waals surface area contributed by atoms with E-state index in [1.54, 1.807) is 0 Å². The SMILES string of the molecule is COC(=O)CCC/C=C\C[C@H]1CC[C@@H](O)[C@@H]1/C=C/[C@@H](O)CCc1ccccc1. The number of benzene rings is 1. The monoisotopic (exact) mass is 386 g/mol. The number of carbonyl (C=O) groups is 1. The first-order chi connectivity index (χ1) is 13.6. The van der Waals surface area contributed by atoms with Crippen molar-refractivity contribution in [2.45, 2.75) is 63.6 Å². The molecule has 0 saturated heterocycles. The van der Waals surface area contributed by atoms with Crippen molar-refractivity contribution >= 4 is 5.97 Å². The molecule has 0 aliphatic heterocycles. The van der Waals surface area contributed by atoms with Crippen LogP contribution in [-0.4, -0.2) is 35.5 Å². The van der Waals surface area contributed by atoms with E-state index in [0.717, 1.165) is 38.5 Å². The van der Waals surface area contributed by atoms with E-state index in [2.05, 4.69) is 29.0 Å². The third-order valence-corrected chi connectivity index (χ3v) is 5.53. The Morgan fingerprint density at radius 2 is 2.04 bits per heavy atom. The average Bonchev–Trinajstić information content (AvgIpc) is 3.07. The van der Waals surface area contributed by atoms with E-state index in [4.69, 9.17) is 0 Å². The van der Waals surface area contributed by atoms with Gasteiger partial charge in [0, 0.05) is 12.3 Å². The first kappa shape index (κ1) is 22.4. The van der Waals surface area contributed by atoms with Gasteiger partial charge in [-0.05, 0) is 56.4 Å². The summed E-state index contributed by atoms with van der Waals surface area (Å²) in [4.78, 5) is 11.1.